The van der Waals surface area contributed by atoms with Crippen LogP contribution in [0.1, 0.15) is 51.0 Å². The Morgan fingerprint density at radius 1 is 1.47 bits per heavy atom. The highest BCUT2D eigenvalue weighted by Crippen LogP contribution is 2.43. The van der Waals surface area contributed by atoms with E-state index in [2.05, 4.69) is 18.0 Å². The summed E-state index contributed by atoms with van der Waals surface area (Å²) in [6, 6.07) is 4.52. The Bertz CT molecular complexity index is 456. The summed E-state index contributed by atoms with van der Waals surface area (Å²) >= 11 is 6.17. The van der Waals surface area contributed by atoms with Crippen LogP contribution < -0.4 is 0 Å². The van der Waals surface area contributed by atoms with Gasteiger partial charge in [-0.25, -0.2) is 0 Å². The summed E-state index contributed by atoms with van der Waals surface area (Å²) in [5.74, 6) is 0.819. The molecule has 0 aromatic carbocycles. The van der Waals surface area contributed by atoms with E-state index in [1.54, 1.807) is 12.4 Å². The number of hydrogen-bond acceptors (Lipinski definition) is 2. The molecule has 0 bridgehead atoms. The third kappa shape index (κ3) is 3.48. The van der Waals surface area contributed by atoms with Crippen LogP contribution in [0.3, 0.4) is 0 Å². The van der Waals surface area contributed by atoms with E-state index in [9.17, 15) is 5.26 Å². The SMILES string of the molecule is CCCC1CCC(C#N)(Cc2ccncc2Cl)CC1. The maximum atomic E-state index is 9.60. The Hall–Kier alpha value is -1.07. The summed E-state index contributed by atoms with van der Waals surface area (Å²) in [7, 11) is 0. The van der Waals surface area contributed by atoms with Crippen molar-refractivity contribution in [3.63, 3.8) is 0 Å². The molecular formula is C16H21ClN2. The van der Waals surface area contributed by atoms with Gasteiger partial charge in [0.15, 0.2) is 0 Å². The minimum atomic E-state index is -0.213. The molecule has 1 saturated carbocycles. The monoisotopic (exact) mass is 276 g/mol. The molecule has 2 rings (SSSR count). The van der Waals surface area contributed by atoms with Crippen LogP contribution in [0.5, 0.6) is 0 Å². The maximum absolute atomic E-state index is 9.60. The molecule has 1 aliphatic rings. The fraction of sp³-hybridized carbons (Fsp3) is 0.625. The van der Waals surface area contributed by atoms with Crippen LogP contribution in [0.4, 0.5) is 0 Å². The smallest absolute Gasteiger partial charge is 0.0693 e. The molecule has 0 atom stereocenters. The lowest BCUT2D eigenvalue weighted by atomic mass is 9.68. The molecule has 1 aromatic rings. The van der Waals surface area contributed by atoms with Crippen molar-refractivity contribution < 1.29 is 0 Å². The molecule has 1 aromatic heterocycles. The highest BCUT2D eigenvalue weighted by atomic mass is 35.5. The predicted molar refractivity (Wildman–Crippen MR) is 77.9 cm³/mol. The van der Waals surface area contributed by atoms with Crippen molar-refractivity contribution in [3.05, 3.63) is 29.0 Å². The van der Waals surface area contributed by atoms with E-state index in [1.807, 2.05) is 6.07 Å². The van der Waals surface area contributed by atoms with Crippen molar-refractivity contribution in [2.45, 2.75) is 51.9 Å². The minimum Gasteiger partial charge on any atom is -0.263 e. The van der Waals surface area contributed by atoms with Crippen molar-refractivity contribution in [2.24, 2.45) is 11.3 Å². The molecule has 0 amide bonds. The van der Waals surface area contributed by atoms with Crippen LogP contribution in [-0.4, -0.2) is 4.98 Å². The Morgan fingerprint density at radius 2 is 2.21 bits per heavy atom. The van der Waals surface area contributed by atoms with Gasteiger partial charge in [-0.15, -0.1) is 0 Å². The summed E-state index contributed by atoms with van der Waals surface area (Å²) in [6.07, 6.45) is 11.1. The van der Waals surface area contributed by atoms with E-state index in [0.29, 0.717) is 5.02 Å². The molecule has 102 valence electrons. The number of aromatic nitrogens is 1. The lowest BCUT2D eigenvalue weighted by Gasteiger charge is -2.35. The molecule has 0 N–H and O–H groups in total. The first kappa shape index (κ1) is 14.3. The summed E-state index contributed by atoms with van der Waals surface area (Å²) in [5.41, 5.74) is 0.849. The topological polar surface area (TPSA) is 36.7 Å². The number of pyridine rings is 1. The first-order valence-corrected chi connectivity index (χ1v) is 7.56. The molecule has 0 spiro atoms. The minimum absolute atomic E-state index is 0.213. The van der Waals surface area contributed by atoms with Crippen LogP contribution >= 0.6 is 11.6 Å². The third-order valence-corrected chi connectivity index (χ3v) is 4.72. The highest BCUT2D eigenvalue weighted by molar-refractivity contribution is 6.31. The van der Waals surface area contributed by atoms with Gasteiger partial charge in [0.05, 0.1) is 16.5 Å². The lowest BCUT2D eigenvalue weighted by Crippen LogP contribution is -2.28. The second kappa shape index (κ2) is 6.39. The van der Waals surface area contributed by atoms with Crippen LogP contribution in [0, 0.1) is 22.7 Å². The van der Waals surface area contributed by atoms with Gasteiger partial charge in [-0.05, 0) is 49.7 Å². The van der Waals surface area contributed by atoms with E-state index in [1.165, 1.54) is 25.7 Å². The van der Waals surface area contributed by atoms with Gasteiger partial charge in [-0.2, -0.15) is 5.26 Å². The van der Waals surface area contributed by atoms with Gasteiger partial charge in [0.1, 0.15) is 0 Å². The number of nitrogens with zero attached hydrogens (tertiary/aromatic N) is 2. The van der Waals surface area contributed by atoms with Gasteiger partial charge < -0.3 is 0 Å². The third-order valence-electron chi connectivity index (χ3n) is 4.38. The molecule has 1 aliphatic carbocycles. The fourth-order valence-corrected chi connectivity index (χ4v) is 3.35. The van der Waals surface area contributed by atoms with Gasteiger partial charge in [0.25, 0.3) is 0 Å². The van der Waals surface area contributed by atoms with E-state index >= 15 is 0 Å². The first-order chi connectivity index (χ1) is 9.19. The van der Waals surface area contributed by atoms with Crippen LogP contribution in [-0.2, 0) is 6.42 Å². The molecule has 1 fully saturated rings. The lowest BCUT2D eigenvalue weighted by molar-refractivity contribution is 0.201. The van der Waals surface area contributed by atoms with Crippen molar-refractivity contribution >= 4 is 11.6 Å². The number of halogens is 1. The standard InChI is InChI=1S/C16H21ClN2/c1-2-3-13-4-7-16(12-18,8-5-13)10-14-6-9-19-11-15(14)17/h6,9,11,13H,2-5,7-8,10H2,1H3. The van der Waals surface area contributed by atoms with Gasteiger partial charge >= 0.3 is 0 Å². The highest BCUT2D eigenvalue weighted by Gasteiger charge is 2.35. The molecule has 0 saturated heterocycles. The van der Waals surface area contributed by atoms with Gasteiger partial charge in [-0.3, -0.25) is 4.98 Å². The average molecular weight is 277 g/mol. The Kier molecular flexibility index (Phi) is 4.82. The van der Waals surface area contributed by atoms with Gasteiger partial charge in [0.2, 0.25) is 0 Å². The molecule has 0 unspecified atom stereocenters. The largest absolute Gasteiger partial charge is 0.263 e. The second-order valence-corrected chi connectivity index (χ2v) is 6.18. The van der Waals surface area contributed by atoms with Crippen LogP contribution in [0.25, 0.3) is 0 Å². The zero-order chi connectivity index (χ0) is 13.7. The summed E-state index contributed by atoms with van der Waals surface area (Å²) in [6.45, 7) is 2.24. The fourth-order valence-electron chi connectivity index (χ4n) is 3.17. The van der Waals surface area contributed by atoms with Crippen molar-refractivity contribution in [1.82, 2.24) is 4.98 Å². The second-order valence-electron chi connectivity index (χ2n) is 5.77. The van der Waals surface area contributed by atoms with E-state index in [-0.39, 0.29) is 5.41 Å². The summed E-state index contributed by atoms with van der Waals surface area (Å²) < 4.78 is 0. The molecule has 0 radical (unpaired) electrons. The normalized spacial score (nSPS) is 26.9. The summed E-state index contributed by atoms with van der Waals surface area (Å²) in [4.78, 5) is 4.01. The number of rotatable bonds is 4. The Balaban J connectivity index is 2.05. The molecular weight excluding hydrogens is 256 g/mol. The molecule has 19 heavy (non-hydrogen) atoms. The van der Waals surface area contributed by atoms with Crippen LogP contribution in [0.15, 0.2) is 18.5 Å². The zero-order valence-corrected chi connectivity index (χ0v) is 12.3. The molecule has 0 aliphatic heterocycles. The van der Waals surface area contributed by atoms with Gasteiger partial charge in [-0.1, -0.05) is 31.4 Å². The first-order valence-electron chi connectivity index (χ1n) is 7.19. The Morgan fingerprint density at radius 3 is 2.79 bits per heavy atom. The molecule has 2 nitrogen and oxygen atoms in total. The zero-order valence-electron chi connectivity index (χ0n) is 11.5. The quantitative estimate of drug-likeness (QED) is 0.794. The van der Waals surface area contributed by atoms with Crippen LogP contribution in [0.2, 0.25) is 5.02 Å². The van der Waals surface area contributed by atoms with Crippen molar-refractivity contribution in [2.75, 3.05) is 0 Å². The maximum Gasteiger partial charge on any atom is 0.0693 e. The van der Waals surface area contributed by atoms with Crippen molar-refractivity contribution in [1.29, 1.82) is 5.26 Å². The molecule has 3 heteroatoms. The molecule has 1 heterocycles. The van der Waals surface area contributed by atoms with E-state index in [0.717, 1.165) is 30.7 Å². The predicted octanol–water partition coefficient (Wildman–Crippen LogP) is 4.78. The van der Waals surface area contributed by atoms with E-state index < -0.39 is 0 Å². The van der Waals surface area contributed by atoms with Crippen molar-refractivity contribution in [3.8, 4) is 6.07 Å². The Labute approximate surface area is 120 Å². The number of nitriles is 1. The van der Waals surface area contributed by atoms with Gasteiger partial charge in [0, 0.05) is 12.4 Å². The average Bonchev–Trinajstić information content (AvgIpc) is 2.44. The van der Waals surface area contributed by atoms with E-state index in [4.69, 9.17) is 11.6 Å². The number of hydrogen-bond donors (Lipinski definition) is 0. The summed E-state index contributed by atoms with van der Waals surface area (Å²) in [5, 5.41) is 10.3.